The first-order valence-electron chi connectivity index (χ1n) is 18.2. The highest BCUT2D eigenvalue weighted by Gasteiger charge is 2.69. The van der Waals surface area contributed by atoms with E-state index in [9.17, 15) is 9.59 Å². The highest BCUT2D eigenvalue weighted by atomic mass is 16.2. The third-order valence-electron chi connectivity index (χ3n) is 13.9. The highest BCUT2D eigenvalue weighted by molar-refractivity contribution is 5.94. The van der Waals surface area contributed by atoms with E-state index in [4.69, 9.17) is 0 Å². The molecule has 4 nitrogen and oxygen atoms in total. The summed E-state index contributed by atoms with van der Waals surface area (Å²) in [5, 5.41) is 3.60. The van der Waals surface area contributed by atoms with Gasteiger partial charge in [0.05, 0.1) is 0 Å². The number of nitrogens with one attached hydrogen (secondary N) is 1. The number of hydrogen-bond acceptors (Lipinski definition) is 2. The second kappa shape index (κ2) is 12.5. The van der Waals surface area contributed by atoms with E-state index in [1.807, 2.05) is 0 Å². The van der Waals surface area contributed by atoms with Gasteiger partial charge in [-0.2, -0.15) is 0 Å². The number of hydrogen-bond donors (Lipinski definition) is 1. The van der Waals surface area contributed by atoms with Gasteiger partial charge in [-0.15, -0.1) is 0 Å². The Hall–Kier alpha value is -1.06. The van der Waals surface area contributed by atoms with Crippen molar-refractivity contribution in [2.75, 3.05) is 6.54 Å². The number of carbonyl (C=O) groups is 2. The zero-order valence-electron chi connectivity index (χ0n) is 27.7. The number of piperidine rings is 1. The zero-order chi connectivity index (χ0) is 29.4. The summed E-state index contributed by atoms with van der Waals surface area (Å²) in [4.78, 5) is 30.5. The van der Waals surface area contributed by atoms with Crippen molar-refractivity contribution in [1.29, 1.82) is 0 Å². The lowest BCUT2D eigenvalue weighted by Gasteiger charge is -2.67. The van der Waals surface area contributed by atoms with Crippen molar-refractivity contribution in [2.45, 2.75) is 169 Å². The summed E-state index contributed by atoms with van der Waals surface area (Å²) in [6.45, 7) is 15.4. The van der Waals surface area contributed by atoms with Gasteiger partial charge in [0.15, 0.2) is 0 Å². The van der Waals surface area contributed by atoms with Crippen molar-refractivity contribution < 1.29 is 9.59 Å². The van der Waals surface area contributed by atoms with Crippen LogP contribution in [0.3, 0.4) is 0 Å². The van der Waals surface area contributed by atoms with Crippen LogP contribution in [0.15, 0.2) is 0 Å². The predicted molar refractivity (Wildman–Crippen MR) is 169 cm³/mol. The molecule has 0 spiro atoms. The Morgan fingerprint density at radius 3 is 2.37 bits per heavy atom. The quantitative estimate of drug-likeness (QED) is 0.286. The summed E-state index contributed by atoms with van der Waals surface area (Å²) >= 11 is 0. The van der Waals surface area contributed by atoms with Crippen LogP contribution in [0, 0.1) is 46.3 Å². The lowest BCUT2D eigenvalue weighted by Crippen LogP contribution is -2.76. The standard InChI is InChI=1S/C37H64N2O2/c1-7-8-25-39-33(40)21-23-36(6)32-20-22-35(5)30(27(4)14-12-13-26(2)3)17-18-31(35)29(32)19-24-37(36,39)34(41)38-28-15-10-9-11-16-28/h26-32H,7-25H2,1-6H3,(H,38,41)/t27-,29+,30-,31+,32+,35-,36-,37-/m1/s1. The molecule has 1 aliphatic heterocycles. The highest BCUT2D eigenvalue weighted by Crippen LogP contribution is 2.69. The summed E-state index contributed by atoms with van der Waals surface area (Å²) in [7, 11) is 0. The second-order valence-electron chi connectivity index (χ2n) is 16.4. The molecule has 5 rings (SSSR count). The molecule has 5 aliphatic rings. The van der Waals surface area contributed by atoms with E-state index in [0.717, 1.165) is 75.2 Å². The topological polar surface area (TPSA) is 49.4 Å². The van der Waals surface area contributed by atoms with Gasteiger partial charge in [-0.05, 0) is 105 Å². The first kappa shape index (κ1) is 31.4. The molecule has 41 heavy (non-hydrogen) atoms. The molecular weight excluding hydrogens is 504 g/mol. The number of unbranched alkanes of at least 4 members (excludes halogenated alkanes) is 1. The van der Waals surface area contributed by atoms with Crippen molar-refractivity contribution in [3.63, 3.8) is 0 Å². The van der Waals surface area contributed by atoms with Crippen molar-refractivity contribution in [3.05, 3.63) is 0 Å². The third kappa shape index (κ3) is 5.43. The maximum absolute atomic E-state index is 14.7. The molecule has 234 valence electrons. The van der Waals surface area contributed by atoms with Gasteiger partial charge in [0, 0.05) is 24.4 Å². The van der Waals surface area contributed by atoms with E-state index >= 15 is 0 Å². The SMILES string of the molecule is CCCCN1C(=O)CC[C@]2(C)[C@H]3CC[C@]4(C)[C@@H]([C@H](C)CCCC(C)C)CC[C@H]4[C@@H]3CC[C@]12C(=O)NC1CCCCC1. The Balaban J connectivity index is 1.42. The summed E-state index contributed by atoms with van der Waals surface area (Å²) < 4.78 is 0. The van der Waals surface area contributed by atoms with E-state index in [2.05, 4.69) is 51.8 Å². The maximum atomic E-state index is 14.7. The smallest absolute Gasteiger partial charge is 0.246 e. The summed E-state index contributed by atoms with van der Waals surface area (Å²) in [6.07, 6.45) is 21.0. The lowest BCUT2D eigenvalue weighted by atomic mass is 9.42. The Bertz CT molecular complexity index is 926. The molecule has 0 aromatic heterocycles. The molecule has 0 aromatic rings. The molecular formula is C37H64N2O2. The van der Waals surface area contributed by atoms with Crippen LogP contribution in [-0.2, 0) is 9.59 Å². The lowest BCUT2D eigenvalue weighted by molar-refractivity contribution is -0.197. The van der Waals surface area contributed by atoms with Gasteiger partial charge >= 0.3 is 0 Å². The molecule has 8 atom stereocenters. The van der Waals surface area contributed by atoms with Gasteiger partial charge in [-0.25, -0.2) is 0 Å². The minimum absolute atomic E-state index is 0.126. The van der Waals surface area contributed by atoms with Gasteiger partial charge in [0.2, 0.25) is 11.8 Å². The predicted octanol–water partition coefficient (Wildman–Crippen LogP) is 8.92. The Labute approximate surface area is 252 Å². The van der Waals surface area contributed by atoms with E-state index < -0.39 is 5.54 Å². The molecule has 4 saturated carbocycles. The van der Waals surface area contributed by atoms with Crippen LogP contribution < -0.4 is 5.32 Å². The fourth-order valence-electron chi connectivity index (χ4n) is 11.7. The average Bonchev–Trinajstić information content (AvgIpc) is 3.30. The first-order valence-corrected chi connectivity index (χ1v) is 18.2. The number of nitrogens with zero attached hydrogens (tertiary/aromatic N) is 1. The monoisotopic (exact) mass is 568 g/mol. The van der Waals surface area contributed by atoms with Crippen molar-refractivity contribution in [1.82, 2.24) is 10.2 Å². The van der Waals surface area contributed by atoms with Gasteiger partial charge in [0.25, 0.3) is 0 Å². The molecule has 0 aromatic carbocycles. The molecule has 0 bridgehead atoms. The molecule has 2 amide bonds. The minimum atomic E-state index is -0.661. The van der Waals surface area contributed by atoms with Crippen LogP contribution in [0.25, 0.3) is 0 Å². The van der Waals surface area contributed by atoms with Crippen LogP contribution in [0.5, 0.6) is 0 Å². The Morgan fingerprint density at radius 1 is 0.902 bits per heavy atom. The normalized spacial score (nSPS) is 40.2. The van der Waals surface area contributed by atoms with E-state index in [0.29, 0.717) is 29.7 Å². The number of likely N-dealkylation sites (tertiary alicyclic amines) is 1. The van der Waals surface area contributed by atoms with E-state index in [-0.39, 0.29) is 17.2 Å². The number of rotatable bonds is 10. The largest absolute Gasteiger partial charge is 0.351 e. The Kier molecular flexibility index (Phi) is 9.57. The van der Waals surface area contributed by atoms with E-state index in [1.54, 1.807) is 0 Å². The fourth-order valence-corrected chi connectivity index (χ4v) is 11.7. The summed E-state index contributed by atoms with van der Waals surface area (Å²) in [5.41, 5.74) is -0.337. The van der Waals surface area contributed by atoms with Gasteiger partial charge < -0.3 is 10.2 Å². The summed E-state index contributed by atoms with van der Waals surface area (Å²) in [6, 6.07) is 0.292. The molecule has 5 fully saturated rings. The van der Waals surface area contributed by atoms with Crippen LogP contribution in [0.2, 0.25) is 0 Å². The first-order chi connectivity index (χ1) is 19.6. The van der Waals surface area contributed by atoms with Crippen LogP contribution in [0.4, 0.5) is 0 Å². The number of amides is 2. The number of carbonyl (C=O) groups excluding carboxylic acids is 2. The summed E-state index contributed by atoms with van der Waals surface area (Å²) in [5.74, 6) is 4.98. The molecule has 0 radical (unpaired) electrons. The molecule has 1 N–H and O–H groups in total. The molecule has 4 aliphatic carbocycles. The van der Waals surface area contributed by atoms with Crippen molar-refractivity contribution in [2.24, 2.45) is 46.3 Å². The zero-order valence-corrected chi connectivity index (χ0v) is 27.7. The van der Waals surface area contributed by atoms with Crippen molar-refractivity contribution in [3.8, 4) is 0 Å². The minimum Gasteiger partial charge on any atom is -0.351 e. The fraction of sp³-hybridized carbons (Fsp3) is 0.946. The molecule has 1 saturated heterocycles. The molecule has 1 heterocycles. The third-order valence-corrected chi connectivity index (χ3v) is 13.9. The van der Waals surface area contributed by atoms with Crippen LogP contribution in [-0.4, -0.2) is 34.8 Å². The van der Waals surface area contributed by atoms with Gasteiger partial charge in [-0.3, -0.25) is 9.59 Å². The van der Waals surface area contributed by atoms with Crippen molar-refractivity contribution >= 4 is 11.8 Å². The molecule has 0 unspecified atom stereocenters. The van der Waals surface area contributed by atoms with Crippen LogP contribution >= 0.6 is 0 Å². The Morgan fingerprint density at radius 2 is 1.66 bits per heavy atom. The maximum Gasteiger partial charge on any atom is 0.246 e. The van der Waals surface area contributed by atoms with E-state index in [1.165, 1.54) is 64.2 Å². The molecule has 4 heteroatoms. The number of fused-ring (bicyclic) bond motifs is 5. The average molecular weight is 569 g/mol. The van der Waals surface area contributed by atoms with Crippen LogP contribution in [0.1, 0.15) is 157 Å². The van der Waals surface area contributed by atoms with Gasteiger partial charge in [-0.1, -0.05) is 86.5 Å². The second-order valence-corrected chi connectivity index (χ2v) is 16.4. The van der Waals surface area contributed by atoms with Gasteiger partial charge in [0.1, 0.15) is 5.54 Å².